The monoisotopic (exact) mass is 509 g/mol. The quantitative estimate of drug-likeness (QED) is 0.172. The van der Waals surface area contributed by atoms with Gasteiger partial charge in [-0.05, 0) is 48.1 Å². The molecule has 0 aliphatic carbocycles. The van der Waals surface area contributed by atoms with Crippen molar-refractivity contribution >= 4 is 5.91 Å². The number of benzene rings is 1. The number of carbonyl (C=O) groups is 1. The van der Waals surface area contributed by atoms with Crippen LogP contribution < -0.4 is 14.6 Å². The fourth-order valence-electron chi connectivity index (χ4n) is 4.77. The highest BCUT2D eigenvalue weighted by atomic mass is 16.5. The lowest BCUT2D eigenvalue weighted by atomic mass is 9.84. The van der Waals surface area contributed by atoms with Gasteiger partial charge in [0, 0.05) is 18.6 Å². The first-order valence-electron chi connectivity index (χ1n) is 14.8. The Labute approximate surface area is 227 Å². The van der Waals surface area contributed by atoms with E-state index in [9.17, 15) is 4.79 Å². The Morgan fingerprint density at radius 2 is 1.54 bits per heavy atom. The van der Waals surface area contributed by atoms with Crippen molar-refractivity contribution in [3.05, 3.63) is 59.4 Å². The lowest BCUT2D eigenvalue weighted by Crippen LogP contribution is -2.43. The largest absolute Gasteiger partial charge is 0.493 e. The number of pyridine rings is 1. The molecule has 0 radical (unpaired) electrons. The van der Waals surface area contributed by atoms with Crippen LogP contribution in [0.3, 0.4) is 0 Å². The van der Waals surface area contributed by atoms with Gasteiger partial charge in [-0.15, -0.1) is 0 Å². The first-order chi connectivity index (χ1) is 17.8. The first-order valence-corrected chi connectivity index (χ1v) is 14.8. The molecule has 1 amide bonds. The van der Waals surface area contributed by atoms with E-state index in [1.54, 1.807) is 0 Å². The zero-order valence-corrected chi connectivity index (χ0v) is 24.6. The molecule has 4 heteroatoms. The van der Waals surface area contributed by atoms with Crippen LogP contribution in [-0.4, -0.2) is 12.5 Å². The van der Waals surface area contributed by atoms with Crippen molar-refractivity contribution in [2.24, 2.45) is 0 Å². The number of rotatable bonds is 17. The highest BCUT2D eigenvalue weighted by Gasteiger charge is 2.23. The number of unbranched alkanes of at least 4 members (excludes halogenated alkanes) is 9. The Morgan fingerprint density at radius 1 is 0.892 bits per heavy atom. The van der Waals surface area contributed by atoms with Crippen LogP contribution in [0.2, 0.25) is 0 Å². The normalized spacial score (nSPS) is 12.4. The van der Waals surface area contributed by atoms with Crippen LogP contribution in [0.1, 0.15) is 140 Å². The van der Waals surface area contributed by atoms with Crippen molar-refractivity contribution in [3.63, 3.8) is 0 Å². The molecule has 1 heterocycles. The Hall–Kier alpha value is -2.36. The van der Waals surface area contributed by atoms with Crippen LogP contribution >= 0.6 is 0 Å². The lowest BCUT2D eigenvalue weighted by molar-refractivity contribution is -0.698. The van der Waals surface area contributed by atoms with Crippen molar-refractivity contribution < 1.29 is 14.1 Å². The third kappa shape index (κ3) is 10.9. The van der Waals surface area contributed by atoms with Crippen LogP contribution in [0, 0.1) is 0 Å². The minimum absolute atomic E-state index is 0.0415. The highest BCUT2D eigenvalue weighted by Crippen LogP contribution is 2.34. The zero-order chi connectivity index (χ0) is 27.1. The van der Waals surface area contributed by atoms with Crippen molar-refractivity contribution in [2.75, 3.05) is 6.61 Å². The predicted octanol–water partition coefficient (Wildman–Crippen LogP) is 8.47. The minimum atomic E-state index is -0.0973. The number of ether oxygens (including phenoxy) is 1. The number of aromatic nitrogens is 1. The Morgan fingerprint density at radius 3 is 2.16 bits per heavy atom. The Bertz CT molecular complexity index is 932. The molecule has 1 aromatic carbocycles. The van der Waals surface area contributed by atoms with Crippen molar-refractivity contribution in [2.45, 2.75) is 130 Å². The molecular weight excluding hydrogens is 456 g/mol. The number of aryl methyl sites for hydroxylation is 1. The maximum Gasteiger partial charge on any atom is 0.316 e. The van der Waals surface area contributed by atoms with E-state index in [2.05, 4.69) is 65.1 Å². The number of amides is 1. The second-order valence-corrected chi connectivity index (χ2v) is 11.5. The van der Waals surface area contributed by atoms with Crippen LogP contribution in [0.15, 0.2) is 42.6 Å². The molecule has 37 heavy (non-hydrogen) atoms. The summed E-state index contributed by atoms with van der Waals surface area (Å²) in [5.74, 6) is 0.926. The first kappa shape index (κ1) is 30.9. The predicted molar refractivity (Wildman–Crippen MR) is 155 cm³/mol. The molecule has 4 nitrogen and oxygen atoms in total. The maximum atomic E-state index is 13.0. The molecule has 1 aromatic heterocycles. The van der Waals surface area contributed by atoms with Crippen molar-refractivity contribution in [3.8, 4) is 5.75 Å². The summed E-state index contributed by atoms with van der Waals surface area (Å²) in [7, 11) is 0. The number of nitrogens with zero attached hydrogens (tertiary/aromatic N) is 1. The molecule has 0 fully saturated rings. The van der Waals surface area contributed by atoms with E-state index in [4.69, 9.17) is 4.74 Å². The summed E-state index contributed by atoms with van der Waals surface area (Å²) < 4.78 is 8.29. The summed E-state index contributed by atoms with van der Waals surface area (Å²) in [5.41, 5.74) is 2.95. The van der Waals surface area contributed by atoms with Gasteiger partial charge in [-0.25, -0.2) is 0 Å². The number of hydrogen-bond acceptors (Lipinski definition) is 2. The molecule has 1 N–H and O–H groups in total. The second kappa shape index (κ2) is 16.5. The molecule has 0 aliphatic heterocycles. The second-order valence-electron chi connectivity index (χ2n) is 11.5. The Balaban J connectivity index is 1.90. The fourth-order valence-corrected chi connectivity index (χ4v) is 4.77. The number of carbonyl (C=O) groups excluding carboxylic acids is 1. The molecule has 2 aromatic rings. The minimum Gasteiger partial charge on any atom is -0.493 e. The van der Waals surface area contributed by atoms with Gasteiger partial charge in [-0.1, -0.05) is 98.5 Å². The zero-order valence-electron chi connectivity index (χ0n) is 24.6. The van der Waals surface area contributed by atoms with Gasteiger partial charge in [0.25, 0.3) is 5.69 Å². The summed E-state index contributed by atoms with van der Waals surface area (Å²) in [6.07, 6.45) is 16.2. The summed E-state index contributed by atoms with van der Waals surface area (Å²) in [4.78, 5) is 13.0. The smallest absolute Gasteiger partial charge is 0.316 e. The maximum absolute atomic E-state index is 13.0. The van der Waals surface area contributed by atoms with E-state index in [0.717, 1.165) is 37.3 Å². The lowest BCUT2D eigenvalue weighted by Gasteiger charge is -2.25. The number of nitrogens with one attached hydrogen (secondary N) is 1. The fraction of sp³-hybridized carbons (Fsp3) is 0.636. The van der Waals surface area contributed by atoms with Gasteiger partial charge in [-0.2, -0.15) is 4.57 Å². The molecule has 0 aliphatic rings. The number of hydrogen-bond donors (Lipinski definition) is 1. The molecule has 0 spiro atoms. The van der Waals surface area contributed by atoms with Gasteiger partial charge in [-0.3, -0.25) is 4.79 Å². The summed E-state index contributed by atoms with van der Waals surface area (Å²) >= 11 is 0. The average Bonchev–Trinajstić information content (AvgIpc) is 2.87. The van der Waals surface area contributed by atoms with E-state index >= 15 is 0 Å². The van der Waals surface area contributed by atoms with Gasteiger partial charge in [0.05, 0.1) is 12.6 Å². The molecular formula is C33H53N2O2+. The third-order valence-corrected chi connectivity index (χ3v) is 7.05. The van der Waals surface area contributed by atoms with Crippen molar-refractivity contribution in [1.82, 2.24) is 5.32 Å². The van der Waals surface area contributed by atoms with Gasteiger partial charge in [0.15, 0.2) is 6.20 Å². The molecule has 0 saturated carbocycles. The van der Waals surface area contributed by atoms with E-state index in [0.29, 0.717) is 5.69 Å². The molecule has 1 atom stereocenters. The van der Waals surface area contributed by atoms with Crippen LogP contribution in [0.5, 0.6) is 5.75 Å². The van der Waals surface area contributed by atoms with Crippen molar-refractivity contribution in [1.29, 1.82) is 0 Å². The molecule has 206 valence electrons. The van der Waals surface area contributed by atoms with Gasteiger partial charge < -0.3 is 10.1 Å². The summed E-state index contributed by atoms with van der Waals surface area (Å²) in [6.45, 7) is 14.7. The SMILES string of the molecule is CCCCCCCCCCCCOc1ccc(C(C)NC(=O)c2cccc[n+]2CCC)cc1C(C)(C)C. The molecule has 0 saturated heterocycles. The summed E-state index contributed by atoms with van der Waals surface area (Å²) in [5, 5.41) is 3.20. The topological polar surface area (TPSA) is 42.2 Å². The van der Waals surface area contributed by atoms with Crippen LogP contribution in [-0.2, 0) is 12.0 Å². The molecule has 2 rings (SSSR count). The van der Waals surface area contributed by atoms with Crippen LogP contribution in [0.25, 0.3) is 0 Å². The van der Waals surface area contributed by atoms with Gasteiger partial charge >= 0.3 is 5.91 Å². The third-order valence-electron chi connectivity index (χ3n) is 7.05. The Kier molecular flexibility index (Phi) is 13.7. The van der Waals surface area contributed by atoms with E-state index in [1.165, 1.54) is 63.4 Å². The molecule has 0 bridgehead atoms. The van der Waals surface area contributed by atoms with Crippen LogP contribution in [0.4, 0.5) is 0 Å². The average molecular weight is 510 g/mol. The van der Waals surface area contributed by atoms with E-state index < -0.39 is 0 Å². The standard InChI is InChI=1S/C33H52N2O2/c1-7-9-10-11-12-13-14-15-16-19-25-37-31-22-21-28(26-29(31)33(4,5)6)27(3)34-32(36)30-20-17-18-24-35(30)23-8-2/h17-18,20-22,24,26-27H,7-16,19,23,25H2,1-6H3/p+1. The highest BCUT2D eigenvalue weighted by molar-refractivity contribution is 5.91. The summed E-state index contributed by atoms with van der Waals surface area (Å²) in [6, 6.07) is 12.1. The van der Waals surface area contributed by atoms with Gasteiger partial charge in [0.2, 0.25) is 0 Å². The van der Waals surface area contributed by atoms with E-state index in [-0.39, 0.29) is 17.4 Å². The van der Waals surface area contributed by atoms with E-state index in [1.807, 2.05) is 29.0 Å². The molecule has 1 unspecified atom stereocenters. The van der Waals surface area contributed by atoms with Gasteiger partial charge in [0.1, 0.15) is 12.3 Å².